The third-order valence-electron chi connectivity index (χ3n) is 6.06. The van der Waals surface area contributed by atoms with Gasteiger partial charge in [-0.05, 0) is 82.9 Å². The number of ether oxygens (including phenoxy) is 1. The Morgan fingerprint density at radius 3 is 1.27 bits per heavy atom. The highest BCUT2D eigenvalue weighted by Crippen LogP contribution is 2.63. The summed E-state index contributed by atoms with van der Waals surface area (Å²) in [6.45, 7) is 0. The van der Waals surface area contributed by atoms with Crippen LogP contribution in [0.1, 0.15) is 22.3 Å². The maximum absolute atomic E-state index is 10.4. The van der Waals surface area contributed by atoms with E-state index in [-0.39, 0.29) is 23.0 Å². The third-order valence-corrected chi connectivity index (χ3v) is 6.06. The molecule has 4 aromatic carbocycles. The average molecular weight is 396 g/mol. The van der Waals surface area contributed by atoms with Crippen molar-refractivity contribution in [2.75, 3.05) is 0 Å². The molecule has 0 amide bonds. The number of phenolic OH excluding ortho intramolecular Hbond substituents is 4. The summed E-state index contributed by atoms with van der Waals surface area (Å²) in [5.74, 6) is 1.43. The SMILES string of the molecule is Oc1ccc2c(c1)C1(c3cc(O)ccc3O2)c2cc(O)ccc2-c2ccc(O)cc21. The smallest absolute Gasteiger partial charge is 0.132 e. The lowest BCUT2D eigenvalue weighted by molar-refractivity contribution is 0.421. The van der Waals surface area contributed by atoms with Crippen LogP contribution in [0.2, 0.25) is 0 Å². The quantitative estimate of drug-likeness (QED) is 0.291. The molecule has 0 saturated carbocycles. The molecule has 4 N–H and O–H groups in total. The Morgan fingerprint density at radius 1 is 0.467 bits per heavy atom. The second kappa shape index (κ2) is 5.48. The lowest BCUT2D eigenvalue weighted by Gasteiger charge is -2.39. The van der Waals surface area contributed by atoms with Crippen molar-refractivity contribution in [2.24, 2.45) is 0 Å². The molecule has 146 valence electrons. The van der Waals surface area contributed by atoms with Crippen LogP contribution in [0.3, 0.4) is 0 Å². The summed E-state index contributed by atoms with van der Waals surface area (Å²) in [5, 5.41) is 41.4. The Labute approximate surface area is 171 Å². The van der Waals surface area contributed by atoms with Gasteiger partial charge in [-0.1, -0.05) is 12.1 Å². The Kier molecular flexibility index (Phi) is 3.07. The first kappa shape index (κ1) is 16.8. The van der Waals surface area contributed by atoms with Crippen molar-refractivity contribution >= 4 is 0 Å². The van der Waals surface area contributed by atoms with Crippen LogP contribution < -0.4 is 4.74 Å². The first-order valence-corrected chi connectivity index (χ1v) is 9.50. The van der Waals surface area contributed by atoms with Crippen molar-refractivity contribution in [2.45, 2.75) is 5.41 Å². The number of hydrogen-bond acceptors (Lipinski definition) is 5. The van der Waals surface area contributed by atoms with Crippen molar-refractivity contribution < 1.29 is 25.2 Å². The fourth-order valence-electron chi connectivity index (χ4n) is 4.94. The molecule has 1 aliphatic heterocycles. The molecule has 0 atom stereocenters. The van der Waals surface area contributed by atoms with Gasteiger partial charge in [0.2, 0.25) is 0 Å². The summed E-state index contributed by atoms with van der Waals surface area (Å²) in [7, 11) is 0. The fraction of sp³-hybridized carbons (Fsp3) is 0.0400. The van der Waals surface area contributed by atoms with E-state index in [1.165, 1.54) is 0 Å². The molecule has 0 saturated heterocycles. The van der Waals surface area contributed by atoms with Crippen LogP contribution in [0.5, 0.6) is 34.5 Å². The van der Waals surface area contributed by atoms with Gasteiger partial charge in [-0.2, -0.15) is 0 Å². The molecule has 5 nitrogen and oxygen atoms in total. The number of phenols is 4. The molecule has 30 heavy (non-hydrogen) atoms. The minimum Gasteiger partial charge on any atom is -0.508 e. The second-order valence-corrected chi connectivity index (χ2v) is 7.67. The first-order valence-electron chi connectivity index (χ1n) is 9.50. The lowest BCUT2D eigenvalue weighted by Crippen LogP contribution is -2.32. The predicted octanol–water partition coefficient (Wildman–Crippen LogP) is 4.98. The molecule has 1 heterocycles. The van der Waals surface area contributed by atoms with Crippen LogP contribution in [-0.2, 0) is 5.41 Å². The average Bonchev–Trinajstić information content (AvgIpc) is 2.99. The predicted molar refractivity (Wildman–Crippen MR) is 110 cm³/mol. The monoisotopic (exact) mass is 396 g/mol. The van der Waals surface area contributed by atoms with Gasteiger partial charge in [-0.15, -0.1) is 0 Å². The van der Waals surface area contributed by atoms with Crippen molar-refractivity contribution in [1.82, 2.24) is 0 Å². The number of rotatable bonds is 0. The van der Waals surface area contributed by atoms with Gasteiger partial charge in [0.1, 0.15) is 34.5 Å². The van der Waals surface area contributed by atoms with E-state index < -0.39 is 5.41 Å². The molecule has 5 heteroatoms. The van der Waals surface area contributed by atoms with Gasteiger partial charge in [-0.3, -0.25) is 0 Å². The van der Waals surface area contributed by atoms with Crippen molar-refractivity contribution in [3.8, 4) is 45.6 Å². The van der Waals surface area contributed by atoms with Crippen molar-refractivity contribution in [3.63, 3.8) is 0 Å². The lowest BCUT2D eigenvalue weighted by atomic mass is 9.66. The molecule has 6 rings (SSSR count). The Hall–Kier alpha value is -4.12. The highest BCUT2D eigenvalue weighted by Gasteiger charge is 2.51. The van der Waals surface area contributed by atoms with E-state index in [9.17, 15) is 20.4 Å². The van der Waals surface area contributed by atoms with Gasteiger partial charge in [0.15, 0.2) is 0 Å². The number of hydrogen-bond donors (Lipinski definition) is 4. The van der Waals surface area contributed by atoms with Gasteiger partial charge in [-0.25, -0.2) is 0 Å². The van der Waals surface area contributed by atoms with E-state index in [1.54, 1.807) is 60.7 Å². The van der Waals surface area contributed by atoms with Gasteiger partial charge >= 0.3 is 0 Å². The van der Waals surface area contributed by atoms with Crippen LogP contribution in [0, 0.1) is 0 Å². The van der Waals surface area contributed by atoms with Crippen LogP contribution in [0.15, 0.2) is 72.8 Å². The molecule has 0 aromatic heterocycles. The minimum atomic E-state index is -0.997. The first-order chi connectivity index (χ1) is 14.5. The Balaban J connectivity index is 1.87. The molecular formula is C25H16O5. The molecule has 0 bridgehead atoms. The van der Waals surface area contributed by atoms with E-state index in [1.807, 2.05) is 12.1 Å². The summed E-state index contributed by atoms with van der Waals surface area (Å²) in [4.78, 5) is 0. The summed E-state index contributed by atoms with van der Waals surface area (Å²) in [6, 6.07) is 20.1. The van der Waals surface area contributed by atoms with E-state index in [4.69, 9.17) is 4.74 Å². The highest BCUT2D eigenvalue weighted by atomic mass is 16.5. The molecule has 4 aromatic rings. The van der Waals surface area contributed by atoms with Crippen LogP contribution in [-0.4, -0.2) is 20.4 Å². The maximum Gasteiger partial charge on any atom is 0.132 e. The Morgan fingerprint density at radius 2 is 0.833 bits per heavy atom. The zero-order chi connectivity index (χ0) is 20.6. The Bertz CT molecular complexity index is 1270. The molecule has 0 radical (unpaired) electrons. The molecule has 0 unspecified atom stereocenters. The fourth-order valence-corrected chi connectivity index (χ4v) is 4.94. The highest BCUT2D eigenvalue weighted by molar-refractivity contribution is 5.89. The third kappa shape index (κ3) is 1.96. The summed E-state index contributed by atoms with van der Waals surface area (Å²) in [6.07, 6.45) is 0. The molecule has 1 aliphatic carbocycles. The minimum absolute atomic E-state index is 0.0654. The standard InChI is InChI=1S/C25H16O5/c26-13-1-5-17-18-6-2-14(27)10-20(18)25(19(17)9-13)21-11-15(28)3-7-23(21)30-24-8-4-16(29)12-22(24)25/h1-12,26-29H. The normalized spacial score (nSPS) is 14.4. The van der Waals surface area contributed by atoms with E-state index >= 15 is 0 Å². The summed E-state index contributed by atoms with van der Waals surface area (Å²) < 4.78 is 6.12. The topological polar surface area (TPSA) is 90.2 Å². The zero-order valence-electron chi connectivity index (χ0n) is 15.6. The molecule has 0 fully saturated rings. The molecule has 2 aliphatic rings. The van der Waals surface area contributed by atoms with E-state index in [2.05, 4.69) is 0 Å². The van der Waals surface area contributed by atoms with Gasteiger partial charge < -0.3 is 25.2 Å². The zero-order valence-corrected chi connectivity index (χ0v) is 15.6. The van der Waals surface area contributed by atoms with Gasteiger partial charge in [0, 0.05) is 11.1 Å². The number of aromatic hydroxyl groups is 4. The van der Waals surface area contributed by atoms with Gasteiger partial charge in [0.05, 0.1) is 5.41 Å². The molecular weight excluding hydrogens is 380 g/mol. The van der Waals surface area contributed by atoms with Gasteiger partial charge in [0.25, 0.3) is 0 Å². The molecule has 1 spiro atoms. The summed E-state index contributed by atoms with van der Waals surface area (Å²) in [5.41, 5.74) is 3.69. The van der Waals surface area contributed by atoms with Crippen molar-refractivity contribution in [1.29, 1.82) is 0 Å². The number of benzene rings is 4. The summed E-state index contributed by atoms with van der Waals surface area (Å²) >= 11 is 0. The van der Waals surface area contributed by atoms with E-state index in [0.29, 0.717) is 22.6 Å². The maximum atomic E-state index is 10.4. The van der Waals surface area contributed by atoms with E-state index in [0.717, 1.165) is 22.3 Å². The van der Waals surface area contributed by atoms with Crippen LogP contribution >= 0.6 is 0 Å². The van der Waals surface area contributed by atoms with Crippen LogP contribution in [0.25, 0.3) is 11.1 Å². The van der Waals surface area contributed by atoms with Crippen LogP contribution in [0.4, 0.5) is 0 Å². The number of fused-ring (bicyclic) bond motifs is 9. The second-order valence-electron chi connectivity index (χ2n) is 7.67. The largest absolute Gasteiger partial charge is 0.508 e. The van der Waals surface area contributed by atoms with Crippen molar-refractivity contribution in [3.05, 3.63) is 95.1 Å².